The molecule has 36 valence electrons. The number of rotatable bonds is 1. The summed E-state index contributed by atoms with van der Waals surface area (Å²) in [5.41, 5.74) is 0. The highest BCUT2D eigenvalue weighted by Gasteiger charge is 1.73. The van der Waals surface area contributed by atoms with Gasteiger partial charge in [-0.15, -0.1) is 0 Å². The van der Waals surface area contributed by atoms with Gasteiger partial charge in [0.1, 0.15) is 12.1 Å². The highest BCUT2D eigenvalue weighted by molar-refractivity contribution is 4.76. The van der Waals surface area contributed by atoms with E-state index in [9.17, 15) is 4.39 Å². The van der Waals surface area contributed by atoms with E-state index in [4.69, 9.17) is 0 Å². The Balaban J connectivity index is 3.14. The average molecular weight is 90.1 g/mol. The van der Waals surface area contributed by atoms with Crippen molar-refractivity contribution in [1.82, 2.24) is 0 Å². The monoisotopic (exact) mass is 90.0 g/mol. The van der Waals surface area contributed by atoms with Crippen LogP contribution in [-0.4, -0.2) is 7.11 Å². The SMILES string of the molecule is COC=C(C)F. The number of halogens is 1. The Labute approximate surface area is 36.4 Å². The zero-order chi connectivity index (χ0) is 4.99. The molecule has 0 aliphatic carbocycles. The summed E-state index contributed by atoms with van der Waals surface area (Å²) < 4.78 is 15.7. The lowest BCUT2D eigenvalue weighted by Gasteiger charge is -1.81. The Bertz CT molecular complexity index is 54.6. The van der Waals surface area contributed by atoms with Crippen LogP contribution in [0.25, 0.3) is 0 Å². The van der Waals surface area contributed by atoms with Crippen molar-refractivity contribution in [1.29, 1.82) is 0 Å². The summed E-state index contributed by atoms with van der Waals surface area (Å²) in [6, 6.07) is 0. The van der Waals surface area contributed by atoms with Crippen molar-refractivity contribution in [3.63, 3.8) is 0 Å². The van der Waals surface area contributed by atoms with Crippen LogP contribution in [0.1, 0.15) is 6.92 Å². The lowest BCUT2D eigenvalue weighted by atomic mass is 10.7. The van der Waals surface area contributed by atoms with E-state index in [1.54, 1.807) is 0 Å². The molecule has 0 radical (unpaired) electrons. The Morgan fingerprint density at radius 1 is 1.83 bits per heavy atom. The summed E-state index contributed by atoms with van der Waals surface area (Å²) in [6.45, 7) is 1.32. The van der Waals surface area contributed by atoms with Gasteiger partial charge in [-0.25, -0.2) is 4.39 Å². The molecule has 0 saturated heterocycles. The van der Waals surface area contributed by atoms with Gasteiger partial charge >= 0.3 is 0 Å². The molecule has 6 heavy (non-hydrogen) atoms. The molecule has 0 fully saturated rings. The molecule has 0 unspecified atom stereocenters. The summed E-state index contributed by atoms with van der Waals surface area (Å²) in [7, 11) is 1.41. The number of allylic oxidation sites excluding steroid dienone is 1. The predicted molar refractivity (Wildman–Crippen MR) is 21.9 cm³/mol. The van der Waals surface area contributed by atoms with Crippen molar-refractivity contribution in [3.8, 4) is 0 Å². The molecule has 0 aromatic carbocycles. The van der Waals surface area contributed by atoms with E-state index in [0.717, 1.165) is 6.26 Å². The van der Waals surface area contributed by atoms with Crippen molar-refractivity contribution in [2.45, 2.75) is 6.92 Å². The van der Waals surface area contributed by atoms with Crippen LogP contribution in [0.15, 0.2) is 12.1 Å². The summed E-state index contributed by atoms with van der Waals surface area (Å²) in [4.78, 5) is 0. The smallest absolute Gasteiger partial charge is 0.131 e. The Morgan fingerprint density at radius 2 is 2.33 bits per heavy atom. The Kier molecular flexibility index (Phi) is 2.46. The van der Waals surface area contributed by atoms with E-state index in [1.807, 2.05) is 0 Å². The van der Waals surface area contributed by atoms with Crippen LogP contribution in [0.5, 0.6) is 0 Å². The molecule has 0 aromatic heterocycles. The van der Waals surface area contributed by atoms with Gasteiger partial charge in [0.15, 0.2) is 0 Å². The minimum Gasteiger partial charge on any atom is -0.502 e. The van der Waals surface area contributed by atoms with Crippen LogP contribution in [0, 0.1) is 0 Å². The van der Waals surface area contributed by atoms with Gasteiger partial charge in [-0.2, -0.15) is 0 Å². The van der Waals surface area contributed by atoms with E-state index in [1.165, 1.54) is 14.0 Å². The first kappa shape index (κ1) is 5.47. The van der Waals surface area contributed by atoms with Crippen molar-refractivity contribution >= 4 is 0 Å². The summed E-state index contributed by atoms with van der Waals surface area (Å²) >= 11 is 0. The normalized spacial score (nSPS) is 11.5. The van der Waals surface area contributed by atoms with Crippen LogP contribution < -0.4 is 0 Å². The first-order valence-corrected chi connectivity index (χ1v) is 1.62. The topological polar surface area (TPSA) is 9.23 Å². The van der Waals surface area contributed by atoms with Crippen molar-refractivity contribution < 1.29 is 9.13 Å². The van der Waals surface area contributed by atoms with Crippen molar-refractivity contribution in [2.24, 2.45) is 0 Å². The fraction of sp³-hybridized carbons (Fsp3) is 0.500. The van der Waals surface area contributed by atoms with Crippen molar-refractivity contribution in [3.05, 3.63) is 12.1 Å². The van der Waals surface area contributed by atoms with E-state index in [0.29, 0.717) is 0 Å². The molecule has 0 aromatic rings. The standard InChI is InChI=1S/C4H7FO/c1-4(5)3-6-2/h3H,1-2H3. The summed E-state index contributed by atoms with van der Waals surface area (Å²) in [5.74, 6) is -0.308. The molecule has 0 aliphatic heterocycles. The quantitative estimate of drug-likeness (QED) is 0.443. The first-order valence-electron chi connectivity index (χ1n) is 1.62. The largest absolute Gasteiger partial charge is 0.502 e. The number of methoxy groups -OCH3 is 1. The van der Waals surface area contributed by atoms with Crippen LogP contribution in [0.2, 0.25) is 0 Å². The maximum absolute atomic E-state index is 11.4. The minimum atomic E-state index is -0.308. The van der Waals surface area contributed by atoms with Gasteiger partial charge in [-0.3, -0.25) is 0 Å². The van der Waals surface area contributed by atoms with Gasteiger partial charge in [0, 0.05) is 0 Å². The van der Waals surface area contributed by atoms with E-state index >= 15 is 0 Å². The molecule has 0 aliphatic rings. The molecule has 0 atom stereocenters. The first-order chi connectivity index (χ1) is 2.77. The molecule has 0 heterocycles. The summed E-state index contributed by atoms with van der Waals surface area (Å²) in [6.07, 6.45) is 1.04. The number of ether oxygens (including phenoxy) is 1. The molecule has 0 amide bonds. The molecule has 1 nitrogen and oxygen atoms in total. The molecule has 0 bridgehead atoms. The van der Waals surface area contributed by atoms with E-state index < -0.39 is 0 Å². The van der Waals surface area contributed by atoms with E-state index in [-0.39, 0.29) is 5.83 Å². The third kappa shape index (κ3) is 3.47. The lowest BCUT2D eigenvalue weighted by Crippen LogP contribution is -1.64. The van der Waals surface area contributed by atoms with Gasteiger partial charge < -0.3 is 4.74 Å². The lowest BCUT2D eigenvalue weighted by molar-refractivity contribution is 0.323. The fourth-order valence-electron chi connectivity index (χ4n) is 0.162. The highest BCUT2D eigenvalue weighted by Crippen LogP contribution is 1.89. The van der Waals surface area contributed by atoms with Crippen LogP contribution in [0.3, 0.4) is 0 Å². The number of hydrogen-bond acceptors (Lipinski definition) is 1. The zero-order valence-corrected chi connectivity index (χ0v) is 3.86. The molecular weight excluding hydrogens is 83.0 g/mol. The second kappa shape index (κ2) is 2.69. The molecule has 0 N–H and O–H groups in total. The number of hydrogen-bond donors (Lipinski definition) is 0. The maximum atomic E-state index is 11.4. The van der Waals surface area contributed by atoms with Gasteiger partial charge in [0.05, 0.1) is 7.11 Å². The van der Waals surface area contributed by atoms with E-state index in [2.05, 4.69) is 4.74 Å². The zero-order valence-electron chi connectivity index (χ0n) is 3.86. The fourth-order valence-corrected chi connectivity index (χ4v) is 0.162. The Morgan fingerprint density at radius 3 is 2.33 bits per heavy atom. The van der Waals surface area contributed by atoms with Crippen LogP contribution in [0.4, 0.5) is 4.39 Å². The average Bonchev–Trinajstić information content (AvgIpc) is 1.35. The van der Waals surface area contributed by atoms with Gasteiger partial charge in [-0.05, 0) is 6.92 Å². The molecular formula is C4H7FO. The highest BCUT2D eigenvalue weighted by atomic mass is 19.1. The second-order valence-corrected chi connectivity index (χ2v) is 0.940. The van der Waals surface area contributed by atoms with Gasteiger partial charge in [-0.1, -0.05) is 0 Å². The third-order valence-electron chi connectivity index (χ3n) is 0.280. The molecule has 2 heteroatoms. The molecule has 0 spiro atoms. The van der Waals surface area contributed by atoms with Crippen LogP contribution in [-0.2, 0) is 4.74 Å². The summed E-state index contributed by atoms with van der Waals surface area (Å²) in [5, 5.41) is 0. The van der Waals surface area contributed by atoms with Gasteiger partial charge in [0.2, 0.25) is 0 Å². The molecule has 0 rings (SSSR count). The predicted octanol–water partition coefficient (Wildman–Crippen LogP) is 1.46. The maximum Gasteiger partial charge on any atom is 0.131 e. The Hall–Kier alpha value is -0.530. The minimum absolute atomic E-state index is 0.308. The molecule has 0 saturated carbocycles. The van der Waals surface area contributed by atoms with Gasteiger partial charge in [0.25, 0.3) is 0 Å². The second-order valence-electron chi connectivity index (χ2n) is 0.940. The third-order valence-corrected chi connectivity index (χ3v) is 0.280. The van der Waals surface area contributed by atoms with Crippen molar-refractivity contribution in [2.75, 3.05) is 7.11 Å². The van der Waals surface area contributed by atoms with Crippen LogP contribution >= 0.6 is 0 Å².